The molecule has 2 atom stereocenters. The number of anilines is 3. The number of nitrogens with one attached hydrogen (secondary N) is 2. The molecule has 2 saturated heterocycles. The van der Waals surface area contributed by atoms with Crippen LogP contribution in [0.4, 0.5) is 17.6 Å². The predicted octanol–water partition coefficient (Wildman–Crippen LogP) is 4.05. The number of rotatable bonds is 6. The highest BCUT2D eigenvalue weighted by molar-refractivity contribution is 7.80. The predicted molar refractivity (Wildman–Crippen MR) is 135 cm³/mol. The Bertz CT molecular complexity index is 905. The van der Waals surface area contributed by atoms with Crippen molar-refractivity contribution in [2.45, 2.75) is 39.7 Å². The standard InChI is InChI=1S/C24H34N6OS/c1-17-12-18(2)16-30(15-17)22-13-21(29-10-4-5-11-29)26-23(27-22)28-24(32)25-14-19-6-8-20(31-3)9-7-19/h6-9,13,17-18H,4-5,10-12,14-16H2,1-3H3,(H2,25,26,27,28,32)/t17-,18-/m1/s1. The van der Waals surface area contributed by atoms with Gasteiger partial charge in [0.15, 0.2) is 5.11 Å². The Morgan fingerprint density at radius 3 is 2.28 bits per heavy atom. The highest BCUT2D eigenvalue weighted by Gasteiger charge is 2.25. The fourth-order valence-corrected chi connectivity index (χ4v) is 4.83. The smallest absolute Gasteiger partial charge is 0.232 e. The summed E-state index contributed by atoms with van der Waals surface area (Å²) in [5.74, 6) is 4.69. The molecule has 2 aliphatic rings. The van der Waals surface area contributed by atoms with Crippen LogP contribution in [0.3, 0.4) is 0 Å². The average Bonchev–Trinajstić information content (AvgIpc) is 3.32. The molecule has 2 aliphatic heterocycles. The maximum atomic E-state index is 5.54. The Balaban J connectivity index is 1.47. The first-order valence-corrected chi connectivity index (χ1v) is 12.0. The topological polar surface area (TPSA) is 65.6 Å². The molecule has 8 heteroatoms. The second kappa shape index (κ2) is 10.3. The zero-order valence-electron chi connectivity index (χ0n) is 19.3. The maximum absolute atomic E-state index is 5.54. The summed E-state index contributed by atoms with van der Waals surface area (Å²) >= 11 is 5.54. The first kappa shape index (κ1) is 22.6. The number of ether oxygens (including phenoxy) is 1. The van der Waals surface area contributed by atoms with E-state index >= 15 is 0 Å². The van der Waals surface area contributed by atoms with Crippen LogP contribution >= 0.6 is 12.2 Å². The van der Waals surface area contributed by atoms with Gasteiger partial charge in [-0.05, 0) is 61.0 Å². The SMILES string of the molecule is COc1ccc(CNC(=S)Nc2nc(N3CCCC3)cc(N3C[C@H](C)C[C@@H](C)C3)n2)cc1. The molecule has 0 spiro atoms. The molecule has 0 amide bonds. The Morgan fingerprint density at radius 1 is 1.03 bits per heavy atom. The summed E-state index contributed by atoms with van der Waals surface area (Å²) in [4.78, 5) is 14.4. The van der Waals surface area contributed by atoms with Gasteiger partial charge >= 0.3 is 0 Å². The number of nitrogens with zero attached hydrogens (tertiary/aromatic N) is 4. The summed E-state index contributed by atoms with van der Waals surface area (Å²) in [5.41, 5.74) is 1.12. The van der Waals surface area contributed by atoms with Crippen molar-refractivity contribution in [2.75, 3.05) is 48.4 Å². The maximum Gasteiger partial charge on any atom is 0.232 e. The first-order chi connectivity index (χ1) is 15.5. The third kappa shape index (κ3) is 5.79. The largest absolute Gasteiger partial charge is 0.497 e. The molecule has 32 heavy (non-hydrogen) atoms. The molecule has 0 radical (unpaired) electrons. The number of thiocarbonyl (C=S) groups is 1. The second-order valence-electron chi connectivity index (χ2n) is 9.11. The Morgan fingerprint density at radius 2 is 1.66 bits per heavy atom. The van der Waals surface area contributed by atoms with Crippen molar-refractivity contribution in [3.05, 3.63) is 35.9 Å². The van der Waals surface area contributed by atoms with E-state index < -0.39 is 0 Å². The van der Waals surface area contributed by atoms with Crippen LogP contribution in [-0.2, 0) is 6.54 Å². The van der Waals surface area contributed by atoms with Crippen molar-refractivity contribution in [3.63, 3.8) is 0 Å². The molecule has 2 aromatic rings. The monoisotopic (exact) mass is 454 g/mol. The summed E-state index contributed by atoms with van der Waals surface area (Å²) in [7, 11) is 1.67. The van der Waals surface area contributed by atoms with E-state index in [2.05, 4.69) is 40.3 Å². The van der Waals surface area contributed by atoms with E-state index in [1.165, 1.54) is 19.3 Å². The van der Waals surface area contributed by atoms with Gasteiger partial charge in [-0.1, -0.05) is 26.0 Å². The summed E-state index contributed by atoms with van der Waals surface area (Å²) in [5, 5.41) is 7.00. The van der Waals surface area contributed by atoms with Crippen LogP contribution in [0.2, 0.25) is 0 Å². The molecule has 0 unspecified atom stereocenters. The van der Waals surface area contributed by atoms with E-state index in [9.17, 15) is 0 Å². The lowest BCUT2D eigenvalue weighted by Crippen LogP contribution is -2.39. The van der Waals surface area contributed by atoms with Gasteiger partial charge in [0.2, 0.25) is 5.95 Å². The van der Waals surface area contributed by atoms with Crippen LogP contribution in [0.25, 0.3) is 0 Å². The van der Waals surface area contributed by atoms with Crippen molar-refractivity contribution in [2.24, 2.45) is 11.8 Å². The Hall–Kier alpha value is -2.61. The second-order valence-corrected chi connectivity index (χ2v) is 9.52. The van der Waals surface area contributed by atoms with E-state index in [0.29, 0.717) is 29.4 Å². The quantitative estimate of drug-likeness (QED) is 0.634. The molecule has 3 heterocycles. The molecule has 2 fully saturated rings. The van der Waals surface area contributed by atoms with Gasteiger partial charge in [0.1, 0.15) is 17.4 Å². The van der Waals surface area contributed by atoms with Gasteiger partial charge in [0.25, 0.3) is 0 Å². The molecule has 1 aromatic carbocycles. The minimum absolute atomic E-state index is 0.519. The summed E-state index contributed by atoms with van der Waals surface area (Å²) in [6.45, 7) is 9.41. The van der Waals surface area contributed by atoms with Gasteiger partial charge in [-0.3, -0.25) is 0 Å². The molecule has 2 N–H and O–H groups in total. The van der Waals surface area contributed by atoms with Crippen molar-refractivity contribution < 1.29 is 4.74 Å². The van der Waals surface area contributed by atoms with E-state index in [1.807, 2.05) is 24.3 Å². The van der Waals surface area contributed by atoms with Crippen molar-refractivity contribution in [3.8, 4) is 5.75 Å². The van der Waals surface area contributed by atoms with Crippen LogP contribution in [-0.4, -0.2) is 48.4 Å². The van der Waals surface area contributed by atoms with Crippen LogP contribution in [0.15, 0.2) is 30.3 Å². The van der Waals surface area contributed by atoms with E-state index in [0.717, 1.165) is 49.1 Å². The number of hydrogen-bond donors (Lipinski definition) is 2. The minimum atomic E-state index is 0.519. The molecular weight excluding hydrogens is 420 g/mol. The third-order valence-electron chi connectivity index (χ3n) is 6.16. The molecule has 1 aromatic heterocycles. The van der Waals surface area contributed by atoms with Gasteiger partial charge in [0, 0.05) is 38.8 Å². The summed E-state index contributed by atoms with van der Waals surface area (Å²) < 4.78 is 5.22. The number of benzene rings is 1. The summed E-state index contributed by atoms with van der Waals surface area (Å²) in [6, 6.07) is 10.1. The molecule has 0 bridgehead atoms. The average molecular weight is 455 g/mol. The van der Waals surface area contributed by atoms with Gasteiger partial charge in [-0.25, -0.2) is 0 Å². The molecule has 0 saturated carbocycles. The van der Waals surface area contributed by atoms with Crippen molar-refractivity contribution in [1.29, 1.82) is 0 Å². The van der Waals surface area contributed by atoms with Gasteiger partial charge < -0.3 is 25.2 Å². The zero-order chi connectivity index (χ0) is 22.5. The molecule has 4 rings (SSSR count). The third-order valence-corrected chi connectivity index (χ3v) is 6.41. The summed E-state index contributed by atoms with van der Waals surface area (Å²) in [6.07, 6.45) is 3.69. The van der Waals surface area contributed by atoms with Crippen molar-refractivity contribution >= 4 is 34.9 Å². The lowest BCUT2D eigenvalue weighted by atomic mass is 9.92. The van der Waals surface area contributed by atoms with Crippen LogP contribution < -0.4 is 25.2 Å². The van der Waals surface area contributed by atoms with Gasteiger partial charge in [0.05, 0.1) is 7.11 Å². The lowest BCUT2D eigenvalue weighted by Gasteiger charge is -2.36. The van der Waals surface area contributed by atoms with Crippen molar-refractivity contribution in [1.82, 2.24) is 15.3 Å². The van der Waals surface area contributed by atoms with Gasteiger partial charge in [-0.15, -0.1) is 0 Å². The number of hydrogen-bond acceptors (Lipinski definition) is 6. The Kier molecular flexibility index (Phi) is 7.29. The van der Waals surface area contributed by atoms with Gasteiger partial charge in [-0.2, -0.15) is 9.97 Å². The molecule has 7 nitrogen and oxygen atoms in total. The lowest BCUT2D eigenvalue weighted by molar-refractivity contribution is 0.355. The van der Waals surface area contributed by atoms with Crippen LogP contribution in [0, 0.1) is 11.8 Å². The minimum Gasteiger partial charge on any atom is -0.497 e. The number of piperidine rings is 1. The number of methoxy groups -OCH3 is 1. The molecule has 172 valence electrons. The molecule has 0 aliphatic carbocycles. The van der Waals surface area contributed by atoms with Crippen LogP contribution in [0.1, 0.15) is 38.7 Å². The normalized spacial score (nSPS) is 20.8. The Labute approximate surface area is 196 Å². The fourth-order valence-electron chi connectivity index (χ4n) is 4.67. The first-order valence-electron chi connectivity index (χ1n) is 11.6. The number of aromatic nitrogens is 2. The highest BCUT2D eigenvalue weighted by Crippen LogP contribution is 2.29. The molecular formula is C24H34N6OS. The highest BCUT2D eigenvalue weighted by atomic mass is 32.1. The van der Waals surface area contributed by atoms with Crippen LogP contribution in [0.5, 0.6) is 5.75 Å². The van der Waals surface area contributed by atoms with E-state index in [1.54, 1.807) is 7.11 Å². The zero-order valence-corrected chi connectivity index (χ0v) is 20.1. The van der Waals surface area contributed by atoms with E-state index in [-0.39, 0.29) is 0 Å². The van der Waals surface area contributed by atoms with E-state index in [4.69, 9.17) is 26.9 Å². The fraction of sp³-hybridized carbons (Fsp3) is 0.542.